The second-order valence-electron chi connectivity index (χ2n) is 2.87. The molecule has 1 aliphatic rings. The molecular weight excluding hydrogens is 142 g/mol. The summed E-state index contributed by atoms with van der Waals surface area (Å²) >= 11 is 0. The van der Waals surface area contributed by atoms with Crippen LogP contribution in [0.4, 0.5) is 0 Å². The first-order valence-corrected chi connectivity index (χ1v) is 3.58. The SMILES string of the molecule is C#CCC(=O)NC1(CO)CC1. The van der Waals surface area contributed by atoms with E-state index in [1.165, 1.54) is 0 Å². The molecule has 0 bridgehead atoms. The number of hydrogen-bond donors (Lipinski definition) is 2. The van der Waals surface area contributed by atoms with Gasteiger partial charge in [0, 0.05) is 0 Å². The average Bonchev–Trinajstić information content (AvgIpc) is 2.70. The highest BCUT2D eigenvalue weighted by Crippen LogP contribution is 2.34. The zero-order chi connectivity index (χ0) is 8.32. The molecule has 0 aliphatic heterocycles. The molecule has 0 unspecified atom stereocenters. The number of aliphatic hydroxyl groups excluding tert-OH is 1. The minimum absolute atomic E-state index is 0.0172. The van der Waals surface area contributed by atoms with E-state index in [9.17, 15) is 4.79 Å². The van der Waals surface area contributed by atoms with Crippen LogP contribution < -0.4 is 5.32 Å². The summed E-state index contributed by atoms with van der Waals surface area (Å²) in [6.07, 6.45) is 6.76. The molecule has 0 spiro atoms. The third kappa shape index (κ3) is 1.95. The van der Waals surface area contributed by atoms with Crippen LogP contribution in [0.25, 0.3) is 0 Å². The monoisotopic (exact) mass is 153 g/mol. The summed E-state index contributed by atoms with van der Waals surface area (Å²) in [5.41, 5.74) is -0.325. The highest BCUT2D eigenvalue weighted by atomic mass is 16.3. The van der Waals surface area contributed by atoms with Crippen molar-refractivity contribution in [2.45, 2.75) is 24.8 Å². The summed E-state index contributed by atoms with van der Waals surface area (Å²) in [5, 5.41) is 11.5. The van der Waals surface area contributed by atoms with Gasteiger partial charge >= 0.3 is 0 Å². The van der Waals surface area contributed by atoms with Gasteiger partial charge in [-0.15, -0.1) is 6.42 Å². The van der Waals surface area contributed by atoms with Crippen molar-refractivity contribution < 1.29 is 9.90 Å². The quantitative estimate of drug-likeness (QED) is 0.544. The van der Waals surface area contributed by atoms with Gasteiger partial charge in [-0.3, -0.25) is 4.79 Å². The molecular formula is C8H11NO2. The largest absolute Gasteiger partial charge is 0.394 e. The second-order valence-corrected chi connectivity index (χ2v) is 2.87. The van der Waals surface area contributed by atoms with Crippen molar-refractivity contribution in [3.63, 3.8) is 0 Å². The highest BCUT2D eigenvalue weighted by Gasteiger charge is 2.43. The Morgan fingerprint density at radius 2 is 2.36 bits per heavy atom. The van der Waals surface area contributed by atoms with E-state index in [0.717, 1.165) is 12.8 Å². The normalized spacial score (nSPS) is 18.5. The standard InChI is InChI=1S/C8H11NO2/c1-2-3-7(11)9-8(6-10)4-5-8/h1,10H,3-6H2,(H,9,11). The number of carbonyl (C=O) groups is 1. The first kappa shape index (κ1) is 8.09. The van der Waals surface area contributed by atoms with E-state index in [1.54, 1.807) is 0 Å². The Balaban J connectivity index is 2.31. The summed E-state index contributed by atoms with van der Waals surface area (Å²) in [5.74, 6) is 2.08. The molecule has 1 aliphatic carbocycles. The van der Waals surface area contributed by atoms with Crippen LogP contribution in [-0.2, 0) is 4.79 Å². The highest BCUT2D eigenvalue weighted by molar-refractivity contribution is 5.79. The lowest BCUT2D eigenvalue weighted by molar-refractivity contribution is -0.121. The smallest absolute Gasteiger partial charge is 0.232 e. The Morgan fingerprint density at radius 1 is 1.73 bits per heavy atom. The molecule has 1 rings (SSSR count). The van der Waals surface area contributed by atoms with Gasteiger partial charge in [-0.05, 0) is 12.8 Å². The number of amides is 1. The second kappa shape index (κ2) is 2.93. The molecule has 11 heavy (non-hydrogen) atoms. The molecule has 3 heteroatoms. The first-order chi connectivity index (χ1) is 5.22. The van der Waals surface area contributed by atoms with Gasteiger partial charge in [0.2, 0.25) is 5.91 Å². The zero-order valence-corrected chi connectivity index (χ0v) is 6.26. The Hall–Kier alpha value is -1.01. The van der Waals surface area contributed by atoms with Crippen LogP contribution >= 0.6 is 0 Å². The van der Waals surface area contributed by atoms with Gasteiger partial charge in [0.25, 0.3) is 0 Å². The Kier molecular flexibility index (Phi) is 2.16. The molecule has 1 amide bonds. The fraction of sp³-hybridized carbons (Fsp3) is 0.625. The molecule has 0 aromatic heterocycles. The van der Waals surface area contributed by atoms with E-state index in [-0.39, 0.29) is 24.5 Å². The molecule has 2 N–H and O–H groups in total. The van der Waals surface area contributed by atoms with Gasteiger partial charge in [-0.1, -0.05) is 5.92 Å². The van der Waals surface area contributed by atoms with Crippen molar-refractivity contribution in [3.8, 4) is 12.3 Å². The van der Waals surface area contributed by atoms with Crippen LogP contribution in [0, 0.1) is 12.3 Å². The van der Waals surface area contributed by atoms with Gasteiger partial charge in [0.15, 0.2) is 0 Å². The van der Waals surface area contributed by atoms with Crippen molar-refractivity contribution in [1.29, 1.82) is 0 Å². The van der Waals surface area contributed by atoms with Crippen LogP contribution in [0.15, 0.2) is 0 Å². The van der Waals surface area contributed by atoms with E-state index >= 15 is 0 Å². The first-order valence-electron chi connectivity index (χ1n) is 3.58. The van der Waals surface area contributed by atoms with Crippen LogP contribution in [0.5, 0.6) is 0 Å². The molecule has 0 heterocycles. The predicted octanol–water partition coefficient (Wildman–Crippen LogP) is -0.349. The lowest BCUT2D eigenvalue weighted by Gasteiger charge is -2.12. The molecule has 1 saturated carbocycles. The molecule has 0 radical (unpaired) electrons. The molecule has 3 nitrogen and oxygen atoms in total. The topological polar surface area (TPSA) is 49.3 Å². The van der Waals surface area contributed by atoms with Gasteiger partial charge in [-0.2, -0.15) is 0 Å². The number of terminal acetylenes is 1. The van der Waals surface area contributed by atoms with Crippen LogP contribution in [0.3, 0.4) is 0 Å². The van der Waals surface area contributed by atoms with E-state index in [4.69, 9.17) is 11.5 Å². The third-order valence-corrected chi connectivity index (χ3v) is 1.82. The number of hydrogen-bond acceptors (Lipinski definition) is 2. The Morgan fingerprint density at radius 3 is 2.73 bits per heavy atom. The molecule has 1 fully saturated rings. The minimum atomic E-state index is -0.325. The van der Waals surface area contributed by atoms with Crippen molar-refractivity contribution in [2.75, 3.05) is 6.61 Å². The maximum absolute atomic E-state index is 10.9. The Labute approximate surface area is 65.8 Å². The van der Waals surface area contributed by atoms with Crippen LogP contribution in [-0.4, -0.2) is 23.2 Å². The molecule has 0 saturated heterocycles. The number of rotatable bonds is 3. The van der Waals surface area contributed by atoms with Gasteiger partial charge in [0.05, 0.1) is 18.6 Å². The maximum Gasteiger partial charge on any atom is 0.232 e. The van der Waals surface area contributed by atoms with Crippen LogP contribution in [0.1, 0.15) is 19.3 Å². The van der Waals surface area contributed by atoms with Gasteiger partial charge in [-0.25, -0.2) is 0 Å². The molecule has 0 atom stereocenters. The van der Waals surface area contributed by atoms with Crippen molar-refractivity contribution >= 4 is 5.91 Å². The lowest BCUT2D eigenvalue weighted by atomic mass is 10.3. The predicted molar refractivity (Wildman–Crippen MR) is 40.6 cm³/mol. The van der Waals surface area contributed by atoms with Gasteiger partial charge in [0.1, 0.15) is 0 Å². The molecule has 0 aromatic rings. The lowest BCUT2D eigenvalue weighted by Crippen LogP contribution is -2.39. The zero-order valence-electron chi connectivity index (χ0n) is 6.26. The summed E-state index contributed by atoms with van der Waals surface area (Å²) < 4.78 is 0. The summed E-state index contributed by atoms with van der Waals surface area (Å²) in [4.78, 5) is 10.9. The van der Waals surface area contributed by atoms with Crippen molar-refractivity contribution in [2.24, 2.45) is 0 Å². The number of aliphatic hydroxyl groups is 1. The Bertz CT molecular complexity index is 201. The van der Waals surface area contributed by atoms with Gasteiger partial charge < -0.3 is 10.4 Å². The molecule has 0 aromatic carbocycles. The van der Waals surface area contributed by atoms with Crippen molar-refractivity contribution in [1.82, 2.24) is 5.32 Å². The number of nitrogens with one attached hydrogen (secondary N) is 1. The van der Waals surface area contributed by atoms with E-state index < -0.39 is 0 Å². The van der Waals surface area contributed by atoms with Crippen molar-refractivity contribution in [3.05, 3.63) is 0 Å². The van der Waals surface area contributed by atoms with Crippen LogP contribution in [0.2, 0.25) is 0 Å². The third-order valence-electron chi connectivity index (χ3n) is 1.82. The maximum atomic E-state index is 10.9. The van der Waals surface area contributed by atoms with E-state index in [0.29, 0.717) is 0 Å². The number of carbonyl (C=O) groups excluding carboxylic acids is 1. The minimum Gasteiger partial charge on any atom is -0.394 e. The molecule has 60 valence electrons. The summed E-state index contributed by atoms with van der Waals surface area (Å²) in [7, 11) is 0. The fourth-order valence-electron chi connectivity index (χ4n) is 0.906. The fourth-order valence-corrected chi connectivity index (χ4v) is 0.906. The average molecular weight is 153 g/mol. The van der Waals surface area contributed by atoms with E-state index in [2.05, 4.69) is 11.2 Å². The summed E-state index contributed by atoms with van der Waals surface area (Å²) in [6.45, 7) is 0.0172. The summed E-state index contributed by atoms with van der Waals surface area (Å²) in [6, 6.07) is 0. The van der Waals surface area contributed by atoms with E-state index in [1.807, 2.05) is 0 Å².